The summed E-state index contributed by atoms with van der Waals surface area (Å²) in [7, 11) is 0. The number of hydrazine groups is 1. The van der Waals surface area contributed by atoms with E-state index in [1.165, 1.54) is 13.0 Å². The van der Waals surface area contributed by atoms with Gasteiger partial charge in [0.05, 0.1) is 11.1 Å². The molecule has 0 amide bonds. The number of hydrogen-bond donors (Lipinski definition) is 2. The largest absolute Gasteiger partial charge is 0.323 e. The lowest BCUT2D eigenvalue weighted by Crippen LogP contribution is -2.12. The number of nitrogens with zero attached hydrogens (tertiary/aromatic N) is 1. The molecular formula is C13H13F2N3. The molecule has 0 fully saturated rings. The quantitative estimate of drug-likeness (QED) is 0.603. The average molecular weight is 249 g/mol. The van der Waals surface area contributed by atoms with Crippen molar-refractivity contribution < 1.29 is 8.78 Å². The minimum Gasteiger partial charge on any atom is -0.323 e. The van der Waals surface area contributed by atoms with Gasteiger partial charge < -0.3 is 5.43 Å². The Bertz CT molecular complexity index is 653. The van der Waals surface area contributed by atoms with Gasteiger partial charge in [-0.15, -0.1) is 0 Å². The van der Waals surface area contributed by atoms with Crippen LogP contribution in [0, 0.1) is 18.6 Å². The van der Waals surface area contributed by atoms with Gasteiger partial charge in [-0.05, 0) is 43.4 Å². The molecule has 3 nitrogen and oxygen atoms in total. The lowest BCUT2D eigenvalue weighted by molar-refractivity contribution is 0.607. The number of hydrogen-bond acceptors (Lipinski definition) is 3. The Balaban J connectivity index is 2.51. The Morgan fingerprint density at radius 2 is 2.11 bits per heavy atom. The highest BCUT2D eigenvalue weighted by molar-refractivity contribution is 5.95. The number of halogens is 2. The van der Waals surface area contributed by atoms with Crippen LogP contribution in [0.5, 0.6) is 0 Å². The van der Waals surface area contributed by atoms with Crippen LogP contribution in [-0.2, 0) is 12.8 Å². The van der Waals surface area contributed by atoms with Gasteiger partial charge in [0.2, 0.25) is 0 Å². The van der Waals surface area contributed by atoms with Crippen molar-refractivity contribution in [2.75, 3.05) is 5.43 Å². The Labute approximate surface area is 103 Å². The topological polar surface area (TPSA) is 50.9 Å². The first-order valence-corrected chi connectivity index (χ1v) is 5.90. The highest BCUT2D eigenvalue weighted by Gasteiger charge is 2.23. The van der Waals surface area contributed by atoms with Crippen LogP contribution >= 0.6 is 0 Å². The molecule has 0 unspecified atom stereocenters. The number of fused-ring (bicyclic) bond motifs is 2. The number of nitrogens with one attached hydrogen (secondary N) is 1. The summed E-state index contributed by atoms with van der Waals surface area (Å²) in [5, 5.41) is 0.163. The number of aromatic nitrogens is 1. The first-order valence-electron chi connectivity index (χ1n) is 5.90. The zero-order valence-electron chi connectivity index (χ0n) is 9.98. The highest BCUT2D eigenvalue weighted by atomic mass is 19.1. The van der Waals surface area contributed by atoms with E-state index in [9.17, 15) is 8.78 Å². The van der Waals surface area contributed by atoms with Crippen LogP contribution in [0.1, 0.15) is 23.2 Å². The molecule has 1 heterocycles. The van der Waals surface area contributed by atoms with E-state index >= 15 is 0 Å². The molecule has 0 saturated carbocycles. The van der Waals surface area contributed by atoms with E-state index in [-0.39, 0.29) is 16.5 Å². The van der Waals surface area contributed by atoms with E-state index in [0.717, 1.165) is 30.5 Å². The van der Waals surface area contributed by atoms with E-state index in [2.05, 4.69) is 10.4 Å². The van der Waals surface area contributed by atoms with Crippen molar-refractivity contribution in [2.45, 2.75) is 26.2 Å². The fraction of sp³-hybridized carbons (Fsp3) is 0.308. The standard InChI is InChI=1S/C13H13F2N3/c1-6-5-8(14)13-10(11(6)15)12(18-16)7-3-2-4-9(7)17-13/h5H,2-4,16H2,1H3,(H,17,18). The van der Waals surface area contributed by atoms with Crippen molar-refractivity contribution in [3.63, 3.8) is 0 Å². The molecule has 18 heavy (non-hydrogen) atoms. The second-order valence-electron chi connectivity index (χ2n) is 4.62. The highest BCUT2D eigenvalue weighted by Crippen LogP contribution is 2.36. The van der Waals surface area contributed by atoms with Crippen LogP contribution in [0.2, 0.25) is 0 Å². The maximum absolute atomic E-state index is 14.2. The van der Waals surface area contributed by atoms with Gasteiger partial charge in [-0.25, -0.2) is 13.8 Å². The average Bonchev–Trinajstić information content (AvgIpc) is 2.81. The second kappa shape index (κ2) is 3.88. The minimum absolute atomic E-state index is 0.0618. The van der Waals surface area contributed by atoms with Gasteiger partial charge >= 0.3 is 0 Å². The molecular weight excluding hydrogens is 236 g/mol. The monoisotopic (exact) mass is 249 g/mol. The van der Waals surface area contributed by atoms with Crippen molar-refractivity contribution in [3.05, 3.63) is 34.5 Å². The molecule has 0 aliphatic heterocycles. The summed E-state index contributed by atoms with van der Waals surface area (Å²) in [5.74, 6) is 4.53. The molecule has 0 spiro atoms. The maximum atomic E-state index is 14.2. The van der Waals surface area contributed by atoms with Crippen molar-refractivity contribution in [1.29, 1.82) is 0 Å². The molecule has 1 aromatic carbocycles. The van der Waals surface area contributed by atoms with Crippen LogP contribution in [0.25, 0.3) is 10.9 Å². The van der Waals surface area contributed by atoms with E-state index < -0.39 is 11.6 Å². The van der Waals surface area contributed by atoms with Gasteiger partial charge in [-0.3, -0.25) is 5.84 Å². The summed E-state index contributed by atoms with van der Waals surface area (Å²) < 4.78 is 28.1. The Kier molecular flexibility index (Phi) is 2.45. The summed E-state index contributed by atoms with van der Waals surface area (Å²) in [5.41, 5.74) is 5.05. The Morgan fingerprint density at radius 3 is 2.83 bits per heavy atom. The van der Waals surface area contributed by atoms with Crippen molar-refractivity contribution in [2.24, 2.45) is 5.84 Å². The summed E-state index contributed by atoms with van der Waals surface area (Å²) in [6, 6.07) is 1.17. The Hall–Kier alpha value is -1.75. The van der Waals surface area contributed by atoms with Crippen LogP contribution in [0.4, 0.5) is 14.5 Å². The van der Waals surface area contributed by atoms with Crippen LogP contribution in [0.15, 0.2) is 6.07 Å². The summed E-state index contributed by atoms with van der Waals surface area (Å²) in [6.45, 7) is 1.53. The van der Waals surface area contributed by atoms with Crippen molar-refractivity contribution >= 4 is 16.6 Å². The second-order valence-corrected chi connectivity index (χ2v) is 4.62. The van der Waals surface area contributed by atoms with Crippen LogP contribution in [0.3, 0.4) is 0 Å². The predicted octanol–water partition coefficient (Wildman–Crippen LogP) is 2.60. The van der Waals surface area contributed by atoms with Gasteiger partial charge in [0, 0.05) is 5.69 Å². The maximum Gasteiger partial charge on any atom is 0.149 e. The first-order chi connectivity index (χ1) is 8.63. The number of rotatable bonds is 1. The fourth-order valence-electron chi connectivity index (χ4n) is 2.65. The first kappa shape index (κ1) is 11.3. The van der Waals surface area contributed by atoms with E-state index in [4.69, 9.17) is 5.84 Å². The third kappa shape index (κ3) is 1.40. The van der Waals surface area contributed by atoms with E-state index in [1.807, 2.05) is 0 Å². The van der Waals surface area contributed by atoms with Crippen molar-refractivity contribution in [3.8, 4) is 0 Å². The molecule has 94 valence electrons. The lowest BCUT2D eigenvalue weighted by Gasteiger charge is -2.13. The number of pyridine rings is 1. The molecule has 0 atom stereocenters. The summed E-state index contributed by atoms with van der Waals surface area (Å²) >= 11 is 0. The number of nitrogens with two attached hydrogens (primary N) is 1. The van der Waals surface area contributed by atoms with Gasteiger partial charge in [0.15, 0.2) is 0 Å². The predicted molar refractivity (Wildman–Crippen MR) is 66.2 cm³/mol. The van der Waals surface area contributed by atoms with E-state index in [1.54, 1.807) is 0 Å². The zero-order valence-corrected chi connectivity index (χ0v) is 9.98. The molecule has 1 aromatic heterocycles. The van der Waals surface area contributed by atoms with Crippen molar-refractivity contribution in [1.82, 2.24) is 4.98 Å². The summed E-state index contributed by atoms with van der Waals surface area (Å²) in [6.07, 6.45) is 2.53. The number of anilines is 1. The number of nitrogen functional groups attached to an aromatic ring is 1. The molecule has 3 N–H and O–H groups in total. The lowest BCUT2D eigenvalue weighted by atomic mass is 10.0. The molecule has 0 saturated heterocycles. The van der Waals surface area contributed by atoms with Gasteiger partial charge in [0.25, 0.3) is 0 Å². The third-order valence-corrected chi connectivity index (χ3v) is 3.50. The van der Waals surface area contributed by atoms with Crippen LogP contribution < -0.4 is 11.3 Å². The molecule has 1 aliphatic rings. The smallest absolute Gasteiger partial charge is 0.149 e. The molecule has 0 radical (unpaired) electrons. The van der Waals surface area contributed by atoms with Gasteiger partial charge in [0.1, 0.15) is 17.2 Å². The SMILES string of the molecule is Cc1cc(F)c2nc3c(c(NN)c2c1F)CCC3. The van der Waals surface area contributed by atoms with E-state index in [0.29, 0.717) is 5.69 Å². The van der Waals surface area contributed by atoms with Gasteiger partial charge in [-0.1, -0.05) is 0 Å². The molecule has 1 aliphatic carbocycles. The molecule has 3 rings (SSSR count). The summed E-state index contributed by atoms with van der Waals surface area (Å²) in [4.78, 5) is 4.26. The fourth-order valence-corrected chi connectivity index (χ4v) is 2.65. The number of aryl methyl sites for hydroxylation is 2. The Morgan fingerprint density at radius 1 is 1.33 bits per heavy atom. The minimum atomic E-state index is -0.505. The molecule has 5 heteroatoms. The molecule has 2 aromatic rings. The zero-order chi connectivity index (χ0) is 12.9. The molecule has 0 bridgehead atoms. The van der Waals surface area contributed by atoms with Crippen LogP contribution in [-0.4, -0.2) is 4.98 Å². The third-order valence-electron chi connectivity index (χ3n) is 3.50. The number of benzene rings is 1. The normalized spacial score (nSPS) is 14.0. The van der Waals surface area contributed by atoms with Gasteiger partial charge in [-0.2, -0.15) is 0 Å².